The third kappa shape index (κ3) is 4.59. The molecule has 1 saturated heterocycles. The van der Waals surface area contributed by atoms with Crippen LogP contribution in [-0.4, -0.2) is 37.2 Å². The van der Waals surface area contributed by atoms with Crippen LogP contribution in [0.15, 0.2) is 67.6 Å². The molecule has 1 unspecified atom stereocenters. The number of nitrogens with one attached hydrogen (secondary N) is 1. The van der Waals surface area contributed by atoms with E-state index >= 15 is 0 Å². The second-order valence-corrected chi connectivity index (χ2v) is 8.55. The standard InChI is InChI=1S/C24H22N6O2S/c1-2-19(31)27-18-14-17(11-12-25-18)24-28-21(16-8-4-3-5-9-16)22(33-24)23-26-15-30(29-23)20-10-6-7-13-32-20/h2-5,8-9,11-12,14-15,20H,1,6-7,10,13H2,(H,25,27,31). The Bertz CT molecular complexity index is 1280. The molecule has 1 amide bonds. The number of carbonyl (C=O) groups is 1. The van der Waals surface area contributed by atoms with E-state index in [1.54, 1.807) is 23.3 Å². The van der Waals surface area contributed by atoms with Crippen LogP contribution in [-0.2, 0) is 9.53 Å². The summed E-state index contributed by atoms with van der Waals surface area (Å²) in [6, 6.07) is 13.6. The minimum atomic E-state index is -0.316. The number of thiazole rings is 1. The quantitative estimate of drug-likeness (QED) is 0.411. The summed E-state index contributed by atoms with van der Waals surface area (Å²) >= 11 is 1.50. The van der Waals surface area contributed by atoms with Crippen molar-refractivity contribution in [2.75, 3.05) is 11.9 Å². The summed E-state index contributed by atoms with van der Waals surface area (Å²) < 4.78 is 7.66. The molecule has 3 aromatic heterocycles. The van der Waals surface area contributed by atoms with Gasteiger partial charge in [0.05, 0.1) is 5.69 Å². The molecular weight excluding hydrogens is 436 g/mol. The molecule has 0 spiro atoms. The lowest BCUT2D eigenvalue weighted by atomic mass is 10.1. The number of amides is 1. The number of carbonyl (C=O) groups excluding carboxylic acids is 1. The van der Waals surface area contributed by atoms with Crippen LogP contribution in [0.2, 0.25) is 0 Å². The van der Waals surface area contributed by atoms with Crippen molar-refractivity contribution in [3.63, 3.8) is 0 Å². The van der Waals surface area contributed by atoms with Gasteiger partial charge in [0.25, 0.3) is 0 Å². The molecule has 1 fully saturated rings. The number of hydrogen-bond donors (Lipinski definition) is 1. The summed E-state index contributed by atoms with van der Waals surface area (Å²) in [5.41, 5.74) is 2.63. The van der Waals surface area contributed by atoms with E-state index < -0.39 is 0 Å². The van der Waals surface area contributed by atoms with Crippen molar-refractivity contribution in [2.45, 2.75) is 25.5 Å². The molecular formula is C24H22N6O2S. The van der Waals surface area contributed by atoms with Crippen molar-refractivity contribution in [1.82, 2.24) is 24.7 Å². The predicted molar refractivity (Wildman–Crippen MR) is 127 cm³/mol. The van der Waals surface area contributed by atoms with Gasteiger partial charge in [-0.05, 0) is 37.5 Å². The van der Waals surface area contributed by atoms with Crippen LogP contribution in [0.25, 0.3) is 32.5 Å². The highest BCUT2D eigenvalue weighted by molar-refractivity contribution is 7.18. The summed E-state index contributed by atoms with van der Waals surface area (Å²) in [4.78, 5) is 26.3. The van der Waals surface area contributed by atoms with E-state index in [1.807, 2.05) is 36.4 Å². The predicted octanol–water partition coefficient (Wildman–Crippen LogP) is 4.95. The lowest BCUT2D eigenvalue weighted by Gasteiger charge is -2.21. The Morgan fingerprint density at radius 1 is 1.18 bits per heavy atom. The second kappa shape index (κ2) is 9.43. The SMILES string of the molecule is C=CC(=O)Nc1cc(-c2nc(-c3ccccc3)c(-c3ncn(C4CCCCO4)n3)s2)ccn1. The maximum Gasteiger partial charge on any atom is 0.248 e. The molecule has 1 N–H and O–H groups in total. The molecule has 8 nitrogen and oxygen atoms in total. The molecule has 1 aromatic carbocycles. The van der Waals surface area contributed by atoms with Gasteiger partial charge in [-0.3, -0.25) is 4.79 Å². The smallest absolute Gasteiger partial charge is 0.248 e. The van der Waals surface area contributed by atoms with Gasteiger partial charge in [-0.1, -0.05) is 36.9 Å². The van der Waals surface area contributed by atoms with Crippen LogP contribution >= 0.6 is 11.3 Å². The molecule has 0 saturated carbocycles. The Hall–Kier alpha value is -3.69. The molecule has 4 aromatic rings. The Kier molecular flexibility index (Phi) is 6.05. The number of ether oxygens (including phenoxy) is 1. The topological polar surface area (TPSA) is 94.8 Å². The Labute approximate surface area is 195 Å². The molecule has 33 heavy (non-hydrogen) atoms. The fourth-order valence-corrected chi connectivity index (χ4v) is 4.67. The molecule has 5 rings (SSSR count). The van der Waals surface area contributed by atoms with Gasteiger partial charge in [-0.15, -0.1) is 16.4 Å². The first-order valence-corrected chi connectivity index (χ1v) is 11.5. The van der Waals surface area contributed by atoms with Crippen molar-refractivity contribution < 1.29 is 9.53 Å². The fraction of sp³-hybridized carbons (Fsp3) is 0.208. The van der Waals surface area contributed by atoms with E-state index in [-0.39, 0.29) is 12.1 Å². The van der Waals surface area contributed by atoms with Crippen LogP contribution in [0.5, 0.6) is 0 Å². The highest BCUT2D eigenvalue weighted by atomic mass is 32.1. The number of aromatic nitrogens is 5. The minimum Gasteiger partial charge on any atom is -0.356 e. The zero-order chi connectivity index (χ0) is 22.6. The molecule has 166 valence electrons. The van der Waals surface area contributed by atoms with E-state index in [4.69, 9.17) is 14.8 Å². The number of nitrogens with zero attached hydrogens (tertiary/aromatic N) is 5. The Balaban J connectivity index is 1.54. The molecule has 0 aliphatic carbocycles. The van der Waals surface area contributed by atoms with Gasteiger partial charge < -0.3 is 10.1 Å². The molecule has 1 aliphatic rings. The van der Waals surface area contributed by atoms with E-state index in [0.29, 0.717) is 11.6 Å². The highest BCUT2D eigenvalue weighted by Crippen LogP contribution is 2.39. The lowest BCUT2D eigenvalue weighted by molar-refractivity contribution is -0.111. The van der Waals surface area contributed by atoms with E-state index in [0.717, 1.165) is 52.6 Å². The molecule has 4 heterocycles. The van der Waals surface area contributed by atoms with E-state index in [1.165, 1.54) is 17.4 Å². The van der Waals surface area contributed by atoms with Crippen LogP contribution in [0.1, 0.15) is 25.5 Å². The van der Waals surface area contributed by atoms with Crippen molar-refractivity contribution in [3.05, 3.63) is 67.6 Å². The molecule has 1 atom stereocenters. The molecule has 1 aliphatic heterocycles. The Morgan fingerprint density at radius 2 is 2.06 bits per heavy atom. The monoisotopic (exact) mass is 458 g/mol. The summed E-state index contributed by atoms with van der Waals surface area (Å²) in [7, 11) is 0. The van der Waals surface area contributed by atoms with Gasteiger partial charge in [0.2, 0.25) is 5.91 Å². The number of hydrogen-bond acceptors (Lipinski definition) is 7. The summed E-state index contributed by atoms with van der Waals surface area (Å²) in [5, 5.41) is 8.21. The number of rotatable bonds is 6. The van der Waals surface area contributed by atoms with Gasteiger partial charge in [0, 0.05) is 23.9 Å². The van der Waals surface area contributed by atoms with Gasteiger partial charge in [0.1, 0.15) is 22.0 Å². The van der Waals surface area contributed by atoms with Gasteiger partial charge in [-0.2, -0.15) is 0 Å². The zero-order valence-corrected chi connectivity index (χ0v) is 18.7. The van der Waals surface area contributed by atoms with Gasteiger partial charge in [0.15, 0.2) is 12.1 Å². The highest BCUT2D eigenvalue weighted by Gasteiger charge is 2.22. The summed E-state index contributed by atoms with van der Waals surface area (Å²) in [5.74, 6) is 0.734. The Morgan fingerprint density at radius 3 is 2.85 bits per heavy atom. The molecule has 0 bridgehead atoms. The van der Waals surface area contributed by atoms with Crippen LogP contribution in [0, 0.1) is 0 Å². The van der Waals surface area contributed by atoms with Crippen LogP contribution in [0.4, 0.5) is 5.82 Å². The average molecular weight is 459 g/mol. The molecule has 0 radical (unpaired) electrons. The maximum atomic E-state index is 11.7. The van der Waals surface area contributed by atoms with Gasteiger partial charge >= 0.3 is 0 Å². The normalized spacial score (nSPS) is 15.8. The van der Waals surface area contributed by atoms with Crippen LogP contribution < -0.4 is 5.32 Å². The maximum absolute atomic E-state index is 11.7. The molecule has 9 heteroatoms. The second-order valence-electron chi connectivity index (χ2n) is 7.56. The first kappa shape index (κ1) is 21.2. The zero-order valence-electron chi connectivity index (χ0n) is 17.8. The van der Waals surface area contributed by atoms with Crippen molar-refractivity contribution in [3.8, 4) is 32.5 Å². The number of anilines is 1. The first-order chi connectivity index (χ1) is 16.2. The third-order valence-electron chi connectivity index (χ3n) is 5.28. The van der Waals surface area contributed by atoms with Crippen molar-refractivity contribution in [1.29, 1.82) is 0 Å². The average Bonchev–Trinajstić information content (AvgIpc) is 3.53. The number of pyridine rings is 1. The lowest BCUT2D eigenvalue weighted by Crippen LogP contribution is -2.18. The number of benzene rings is 1. The summed E-state index contributed by atoms with van der Waals surface area (Å²) in [6.45, 7) is 4.22. The summed E-state index contributed by atoms with van der Waals surface area (Å²) in [6.07, 6.45) is 7.63. The fourth-order valence-electron chi connectivity index (χ4n) is 3.65. The van der Waals surface area contributed by atoms with Crippen molar-refractivity contribution >= 4 is 23.1 Å². The van der Waals surface area contributed by atoms with Gasteiger partial charge in [-0.25, -0.2) is 19.6 Å². The van der Waals surface area contributed by atoms with Crippen LogP contribution in [0.3, 0.4) is 0 Å². The first-order valence-electron chi connectivity index (χ1n) is 10.7. The van der Waals surface area contributed by atoms with E-state index in [2.05, 4.69) is 21.9 Å². The minimum absolute atomic E-state index is 0.0798. The third-order valence-corrected chi connectivity index (χ3v) is 6.38. The van der Waals surface area contributed by atoms with Crippen molar-refractivity contribution in [2.24, 2.45) is 0 Å². The van der Waals surface area contributed by atoms with E-state index in [9.17, 15) is 4.79 Å². The largest absolute Gasteiger partial charge is 0.356 e.